The predicted octanol–water partition coefficient (Wildman–Crippen LogP) is 2.77. The molecular formula is C12H13BrN2O3. The summed E-state index contributed by atoms with van der Waals surface area (Å²) in [5.74, 6) is 0.621. The lowest BCUT2D eigenvalue weighted by Gasteiger charge is -2.13. The molecule has 5 nitrogen and oxygen atoms in total. The minimum absolute atomic E-state index is 0.261. The zero-order chi connectivity index (χ0) is 13.1. The molecule has 18 heavy (non-hydrogen) atoms. The van der Waals surface area contributed by atoms with E-state index in [4.69, 9.17) is 4.74 Å². The summed E-state index contributed by atoms with van der Waals surface area (Å²) in [6.07, 6.45) is -0.603. The van der Waals surface area contributed by atoms with Gasteiger partial charge in [0.1, 0.15) is 23.7 Å². The van der Waals surface area contributed by atoms with Crippen molar-refractivity contribution in [3.8, 4) is 5.75 Å². The van der Waals surface area contributed by atoms with Crippen molar-refractivity contribution in [2.45, 2.75) is 26.6 Å². The van der Waals surface area contributed by atoms with Gasteiger partial charge in [-0.05, 0) is 32.0 Å². The van der Waals surface area contributed by atoms with Crippen molar-refractivity contribution in [3.05, 3.63) is 39.6 Å². The number of aliphatic hydroxyl groups is 1. The van der Waals surface area contributed by atoms with Crippen LogP contribution < -0.4 is 4.74 Å². The van der Waals surface area contributed by atoms with Crippen LogP contribution in [0.4, 0.5) is 0 Å². The molecule has 0 radical (unpaired) electrons. The Kier molecular flexibility index (Phi) is 3.98. The number of halogens is 1. The highest BCUT2D eigenvalue weighted by molar-refractivity contribution is 9.10. The number of benzene rings is 1. The van der Waals surface area contributed by atoms with Crippen LogP contribution in [-0.4, -0.2) is 15.4 Å². The maximum atomic E-state index is 9.69. The second kappa shape index (κ2) is 5.49. The van der Waals surface area contributed by atoms with Crippen LogP contribution in [0.2, 0.25) is 0 Å². The second-order valence-corrected chi connectivity index (χ2v) is 4.86. The molecule has 1 heterocycles. The van der Waals surface area contributed by atoms with E-state index in [1.54, 1.807) is 19.9 Å². The van der Waals surface area contributed by atoms with Crippen molar-refractivity contribution < 1.29 is 14.5 Å². The first-order valence-electron chi connectivity index (χ1n) is 5.46. The molecule has 0 bridgehead atoms. The van der Waals surface area contributed by atoms with Crippen molar-refractivity contribution in [2.75, 3.05) is 0 Å². The molecular weight excluding hydrogens is 300 g/mol. The molecule has 0 spiro atoms. The summed E-state index contributed by atoms with van der Waals surface area (Å²) < 4.78 is 11.1. The van der Waals surface area contributed by atoms with Crippen LogP contribution in [0, 0.1) is 6.92 Å². The molecule has 2 rings (SSSR count). The third kappa shape index (κ3) is 2.88. The van der Waals surface area contributed by atoms with Crippen molar-refractivity contribution in [2.24, 2.45) is 0 Å². The van der Waals surface area contributed by atoms with Gasteiger partial charge in [-0.15, -0.1) is 0 Å². The van der Waals surface area contributed by atoms with Gasteiger partial charge in [0.15, 0.2) is 0 Å². The summed E-state index contributed by atoms with van der Waals surface area (Å²) in [5, 5.41) is 17.1. The van der Waals surface area contributed by atoms with Crippen LogP contribution >= 0.6 is 15.9 Å². The number of aryl methyl sites for hydroxylation is 1. The molecule has 0 fully saturated rings. The minimum Gasteiger partial charge on any atom is -0.487 e. The molecule has 0 saturated carbocycles. The van der Waals surface area contributed by atoms with Gasteiger partial charge >= 0.3 is 0 Å². The number of hydrogen-bond acceptors (Lipinski definition) is 5. The fourth-order valence-electron chi connectivity index (χ4n) is 1.50. The highest BCUT2D eigenvalue weighted by atomic mass is 79.9. The molecule has 0 unspecified atom stereocenters. The van der Waals surface area contributed by atoms with Crippen LogP contribution in [0.25, 0.3) is 0 Å². The van der Waals surface area contributed by atoms with E-state index in [0.717, 1.165) is 10.0 Å². The highest BCUT2D eigenvalue weighted by Crippen LogP contribution is 2.29. The van der Waals surface area contributed by atoms with E-state index < -0.39 is 6.10 Å². The Morgan fingerprint density at radius 3 is 2.83 bits per heavy atom. The molecule has 0 aliphatic carbocycles. The van der Waals surface area contributed by atoms with Gasteiger partial charge in [-0.3, -0.25) is 0 Å². The Labute approximate surface area is 113 Å². The van der Waals surface area contributed by atoms with Crippen molar-refractivity contribution in [3.63, 3.8) is 0 Å². The number of rotatable bonds is 4. The van der Waals surface area contributed by atoms with E-state index in [1.165, 1.54) is 0 Å². The maximum absolute atomic E-state index is 9.69. The topological polar surface area (TPSA) is 68.4 Å². The minimum atomic E-state index is -0.603. The van der Waals surface area contributed by atoms with Gasteiger partial charge in [-0.25, -0.2) is 4.63 Å². The largest absolute Gasteiger partial charge is 0.487 e. The molecule has 0 aliphatic rings. The Hall–Kier alpha value is -1.40. The molecule has 1 N–H and O–H groups in total. The predicted molar refractivity (Wildman–Crippen MR) is 68.1 cm³/mol. The maximum Gasteiger partial charge on any atom is 0.145 e. The van der Waals surface area contributed by atoms with Crippen LogP contribution in [0.1, 0.15) is 30.0 Å². The average molecular weight is 313 g/mol. The Balaban J connectivity index is 2.16. The molecule has 0 aliphatic heterocycles. The van der Waals surface area contributed by atoms with Crippen molar-refractivity contribution in [1.29, 1.82) is 0 Å². The molecule has 2 aromatic rings. The standard InChI is InChI=1S/C12H13BrN2O3/c1-7-11(15-18-14-7)6-17-12-4-3-9(13)5-10(12)8(2)16/h3-5,8,16H,6H2,1-2H3/t8-/m1/s1. The summed E-state index contributed by atoms with van der Waals surface area (Å²) in [5.41, 5.74) is 2.07. The molecule has 96 valence electrons. The fourth-order valence-corrected chi connectivity index (χ4v) is 1.88. The molecule has 6 heteroatoms. The zero-order valence-corrected chi connectivity index (χ0v) is 11.6. The fraction of sp³-hybridized carbons (Fsp3) is 0.333. The average Bonchev–Trinajstić information content (AvgIpc) is 2.73. The van der Waals surface area contributed by atoms with Gasteiger partial charge in [0, 0.05) is 10.0 Å². The summed E-state index contributed by atoms with van der Waals surface area (Å²) in [6, 6.07) is 5.48. The Morgan fingerprint density at radius 1 is 1.44 bits per heavy atom. The highest BCUT2D eigenvalue weighted by Gasteiger charge is 2.12. The third-order valence-corrected chi connectivity index (χ3v) is 3.03. The quantitative estimate of drug-likeness (QED) is 0.940. The van der Waals surface area contributed by atoms with Gasteiger partial charge in [-0.2, -0.15) is 0 Å². The molecule has 1 aromatic carbocycles. The molecule has 0 amide bonds. The number of aromatic nitrogens is 2. The first kappa shape index (κ1) is 13.0. The van der Waals surface area contributed by atoms with E-state index >= 15 is 0 Å². The van der Waals surface area contributed by atoms with Crippen LogP contribution in [0.3, 0.4) is 0 Å². The van der Waals surface area contributed by atoms with Crippen LogP contribution in [-0.2, 0) is 6.61 Å². The van der Waals surface area contributed by atoms with Gasteiger partial charge < -0.3 is 9.84 Å². The number of ether oxygens (including phenoxy) is 1. The molecule has 1 atom stereocenters. The zero-order valence-electron chi connectivity index (χ0n) is 10.1. The monoisotopic (exact) mass is 312 g/mol. The third-order valence-electron chi connectivity index (χ3n) is 2.53. The van der Waals surface area contributed by atoms with Crippen LogP contribution in [0.5, 0.6) is 5.75 Å². The normalized spacial score (nSPS) is 12.4. The summed E-state index contributed by atoms with van der Waals surface area (Å²) in [4.78, 5) is 0. The van der Waals surface area contributed by atoms with E-state index in [2.05, 4.69) is 30.9 Å². The van der Waals surface area contributed by atoms with E-state index in [9.17, 15) is 5.11 Å². The second-order valence-electron chi connectivity index (χ2n) is 3.94. The van der Waals surface area contributed by atoms with Gasteiger partial charge in [0.05, 0.1) is 6.10 Å². The lowest BCUT2D eigenvalue weighted by molar-refractivity contribution is 0.189. The molecule has 1 aromatic heterocycles. The summed E-state index contributed by atoms with van der Waals surface area (Å²) in [7, 11) is 0. The van der Waals surface area contributed by atoms with E-state index in [-0.39, 0.29) is 6.61 Å². The summed E-state index contributed by atoms with van der Waals surface area (Å²) >= 11 is 3.36. The van der Waals surface area contributed by atoms with Gasteiger partial charge in [0.25, 0.3) is 0 Å². The summed E-state index contributed by atoms with van der Waals surface area (Å²) in [6.45, 7) is 3.75. The number of aliphatic hydroxyl groups excluding tert-OH is 1. The number of nitrogens with zero attached hydrogens (tertiary/aromatic N) is 2. The van der Waals surface area contributed by atoms with Gasteiger partial charge in [-0.1, -0.05) is 26.2 Å². The SMILES string of the molecule is Cc1nonc1COc1ccc(Br)cc1[C@@H](C)O. The smallest absolute Gasteiger partial charge is 0.145 e. The van der Waals surface area contributed by atoms with Crippen molar-refractivity contribution >= 4 is 15.9 Å². The van der Waals surface area contributed by atoms with Crippen LogP contribution in [0.15, 0.2) is 27.3 Å². The molecule has 0 saturated heterocycles. The lowest BCUT2D eigenvalue weighted by atomic mass is 10.1. The first-order valence-corrected chi connectivity index (χ1v) is 6.25. The van der Waals surface area contributed by atoms with Crippen molar-refractivity contribution in [1.82, 2.24) is 10.3 Å². The van der Waals surface area contributed by atoms with E-state index in [0.29, 0.717) is 17.1 Å². The first-order chi connectivity index (χ1) is 8.58. The number of hydrogen-bond donors (Lipinski definition) is 1. The lowest BCUT2D eigenvalue weighted by Crippen LogP contribution is -2.02. The van der Waals surface area contributed by atoms with E-state index in [1.807, 2.05) is 12.1 Å². The Bertz CT molecular complexity index is 540. The Morgan fingerprint density at radius 2 is 2.22 bits per heavy atom. The van der Waals surface area contributed by atoms with Gasteiger partial charge in [0.2, 0.25) is 0 Å².